The fourth-order valence-electron chi connectivity index (χ4n) is 0.732. The molecule has 0 aliphatic heterocycles. The highest BCUT2D eigenvalue weighted by molar-refractivity contribution is 5.92. The van der Waals surface area contributed by atoms with Crippen LogP contribution in [0.2, 0.25) is 0 Å². The number of hydrogen-bond acceptors (Lipinski definition) is 4. The predicted octanol–water partition coefficient (Wildman–Crippen LogP) is -0.0148. The number of nitrogens with one attached hydrogen (secondary N) is 1. The van der Waals surface area contributed by atoms with E-state index in [-0.39, 0.29) is 5.91 Å². The van der Waals surface area contributed by atoms with Gasteiger partial charge in [0.2, 0.25) is 5.91 Å². The Morgan fingerprint density at radius 2 is 2.00 bits per heavy atom. The van der Waals surface area contributed by atoms with Crippen LogP contribution in [0.1, 0.15) is 10.4 Å². The molecule has 2 aromatic rings. The number of aromatic nitrogens is 4. The first-order valence-electron chi connectivity index (χ1n) is 3.82. The summed E-state index contributed by atoms with van der Waals surface area (Å²) in [7, 11) is 0. The Morgan fingerprint density at radius 3 is 2.29 bits per heavy atom. The Hall–Kier alpha value is -2.24. The maximum Gasteiger partial charge on any atom is 0.248 e. The summed E-state index contributed by atoms with van der Waals surface area (Å²) < 4.78 is 0. The highest BCUT2D eigenvalue weighted by Crippen LogP contribution is 1.94. The number of H-pyrrole nitrogens is 1. The van der Waals surface area contributed by atoms with E-state index >= 15 is 0 Å². The van der Waals surface area contributed by atoms with Gasteiger partial charge in [-0.3, -0.25) is 4.79 Å². The van der Waals surface area contributed by atoms with Gasteiger partial charge in [-0.2, -0.15) is 5.21 Å². The molecule has 0 unspecified atom stereocenters. The fourth-order valence-corrected chi connectivity index (χ4v) is 0.732. The third-order valence-corrected chi connectivity index (χ3v) is 1.33. The second kappa shape index (κ2) is 5.41. The Bertz CT molecular complexity index is 341. The van der Waals surface area contributed by atoms with Crippen molar-refractivity contribution < 1.29 is 4.79 Å². The van der Waals surface area contributed by atoms with E-state index in [1.165, 1.54) is 6.33 Å². The van der Waals surface area contributed by atoms with E-state index in [0.29, 0.717) is 5.56 Å². The number of nitrogens with two attached hydrogens (primary N) is 1. The molecular weight excluding hydrogens is 182 g/mol. The van der Waals surface area contributed by atoms with Crippen molar-refractivity contribution in [2.75, 3.05) is 0 Å². The zero-order valence-electron chi connectivity index (χ0n) is 7.29. The number of rotatable bonds is 1. The number of amides is 1. The lowest BCUT2D eigenvalue weighted by Gasteiger charge is -1.89. The molecule has 1 heterocycles. The van der Waals surface area contributed by atoms with Crippen LogP contribution in [0.4, 0.5) is 0 Å². The van der Waals surface area contributed by atoms with Gasteiger partial charge in [0.05, 0.1) is 0 Å². The molecular formula is C8H9N5O. The molecule has 0 fully saturated rings. The average molecular weight is 191 g/mol. The largest absolute Gasteiger partial charge is 0.366 e. The Balaban J connectivity index is 0.000000165. The smallest absolute Gasteiger partial charge is 0.248 e. The van der Waals surface area contributed by atoms with Gasteiger partial charge >= 0.3 is 0 Å². The van der Waals surface area contributed by atoms with Crippen molar-refractivity contribution in [3.63, 3.8) is 0 Å². The van der Waals surface area contributed by atoms with Crippen molar-refractivity contribution in [1.82, 2.24) is 20.6 Å². The first kappa shape index (κ1) is 9.85. The molecule has 0 aliphatic rings. The van der Waals surface area contributed by atoms with Gasteiger partial charge < -0.3 is 5.73 Å². The lowest BCUT2D eigenvalue weighted by atomic mass is 10.2. The highest BCUT2D eigenvalue weighted by Gasteiger charge is 1.93. The van der Waals surface area contributed by atoms with Gasteiger partial charge in [-0.05, 0) is 12.1 Å². The van der Waals surface area contributed by atoms with Crippen LogP contribution in [0.25, 0.3) is 0 Å². The minimum absolute atomic E-state index is 0.379. The molecule has 0 saturated carbocycles. The lowest BCUT2D eigenvalue weighted by molar-refractivity contribution is 0.100. The van der Waals surface area contributed by atoms with Crippen molar-refractivity contribution in [3.8, 4) is 0 Å². The molecule has 14 heavy (non-hydrogen) atoms. The van der Waals surface area contributed by atoms with Crippen molar-refractivity contribution >= 4 is 5.91 Å². The molecule has 6 heteroatoms. The molecule has 2 rings (SSSR count). The second-order valence-corrected chi connectivity index (χ2v) is 2.29. The third kappa shape index (κ3) is 3.44. The Labute approximate surface area is 80.1 Å². The minimum atomic E-state index is -0.379. The summed E-state index contributed by atoms with van der Waals surface area (Å²) in [4.78, 5) is 10.4. The maximum atomic E-state index is 10.4. The fraction of sp³-hybridized carbons (Fsp3) is 0. The predicted molar refractivity (Wildman–Crippen MR) is 49.1 cm³/mol. The topological polar surface area (TPSA) is 97.5 Å². The zero-order chi connectivity index (χ0) is 10.2. The van der Waals surface area contributed by atoms with Crippen molar-refractivity contribution in [2.24, 2.45) is 5.73 Å². The van der Waals surface area contributed by atoms with Gasteiger partial charge in [0.1, 0.15) is 0 Å². The van der Waals surface area contributed by atoms with Gasteiger partial charge in [-0.1, -0.05) is 23.4 Å². The normalized spacial score (nSPS) is 8.57. The van der Waals surface area contributed by atoms with Crippen molar-refractivity contribution in [2.45, 2.75) is 0 Å². The minimum Gasteiger partial charge on any atom is -0.366 e. The van der Waals surface area contributed by atoms with Crippen LogP contribution in [0.15, 0.2) is 36.7 Å². The van der Waals surface area contributed by atoms with Gasteiger partial charge in [0.15, 0.2) is 6.33 Å². The van der Waals surface area contributed by atoms with Gasteiger partial charge in [0, 0.05) is 5.56 Å². The van der Waals surface area contributed by atoms with Gasteiger partial charge in [-0.25, -0.2) is 0 Å². The van der Waals surface area contributed by atoms with Crippen LogP contribution < -0.4 is 5.73 Å². The Kier molecular flexibility index (Phi) is 3.81. The van der Waals surface area contributed by atoms with Gasteiger partial charge in [-0.15, -0.1) is 10.2 Å². The quantitative estimate of drug-likeness (QED) is 0.662. The number of benzene rings is 1. The molecule has 6 nitrogen and oxygen atoms in total. The first-order valence-corrected chi connectivity index (χ1v) is 3.82. The number of aromatic amines is 1. The van der Waals surface area contributed by atoms with E-state index in [1.807, 2.05) is 6.07 Å². The van der Waals surface area contributed by atoms with Crippen LogP contribution >= 0.6 is 0 Å². The zero-order valence-corrected chi connectivity index (χ0v) is 7.29. The average Bonchev–Trinajstić information content (AvgIpc) is 2.77. The number of primary amides is 1. The molecule has 1 aromatic heterocycles. The molecule has 1 amide bonds. The summed E-state index contributed by atoms with van der Waals surface area (Å²) in [5.41, 5.74) is 5.53. The number of carbonyl (C=O) groups is 1. The number of carbonyl (C=O) groups excluding carboxylic acids is 1. The van der Waals surface area contributed by atoms with E-state index in [1.54, 1.807) is 24.3 Å². The van der Waals surface area contributed by atoms with E-state index < -0.39 is 0 Å². The Morgan fingerprint density at radius 1 is 1.29 bits per heavy atom. The standard InChI is InChI=1S/C7H7NO.CH2N4/c8-7(9)6-4-2-1-3-5-6;1-2-4-5-3-1/h1-5H,(H2,8,9);1H,(H,2,3,4,5). The van der Waals surface area contributed by atoms with Crippen LogP contribution in [0.5, 0.6) is 0 Å². The molecule has 0 atom stereocenters. The monoisotopic (exact) mass is 191 g/mol. The van der Waals surface area contributed by atoms with Crippen molar-refractivity contribution in [3.05, 3.63) is 42.2 Å². The molecule has 3 N–H and O–H groups in total. The summed E-state index contributed by atoms with van der Waals surface area (Å²) in [6.45, 7) is 0. The SMILES string of the molecule is NC(=O)c1ccccc1.c1nn[nH]n1. The summed E-state index contributed by atoms with van der Waals surface area (Å²) in [5.74, 6) is -0.379. The summed E-state index contributed by atoms with van der Waals surface area (Å²) in [6.07, 6.45) is 1.33. The molecule has 72 valence electrons. The number of nitrogens with zero attached hydrogens (tertiary/aromatic N) is 3. The van der Waals surface area contributed by atoms with E-state index in [4.69, 9.17) is 5.73 Å². The maximum absolute atomic E-state index is 10.4. The van der Waals surface area contributed by atoms with E-state index in [9.17, 15) is 4.79 Å². The molecule has 0 aliphatic carbocycles. The molecule has 0 radical (unpaired) electrons. The van der Waals surface area contributed by atoms with E-state index in [0.717, 1.165) is 0 Å². The molecule has 0 saturated heterocycles. The molecule has 1 aromatic carbocycles. The summed E-state index contributed by atoms with van der Waals surface area (Å²) in [6, 6.07) is 8.76. The highest BCUT2D eigenvalue weighted by atomic mass is 16.1. The first-order chi connectivity index (χ1) is 6.80. The van der Waals surface area contributed by atoms with Crippen LogP contribution in [0, 0.1) is 0 Å². The van der Waals surface area contributed by atoms with E-state index in [2.05, 4.69) is 20.6 Å². The number of tetrazole rings is 1. The lowest BCUT2D eigenvalue weighted by Crippen LogP contribution is -2.09. The second-order valence-electron chi connectivity index (χ2n) is 2.29. The molecule has 0 bridgehead atoms. The number of hydrogen-bond donors (Lipinski definition) is 2. The van der Waals surface area contributed by atoms with Crippen LogP contribution in [-0.2, 0) is 0 Å². The summed E-state index contributed by atoms with van der Waals surface area (Å²) in [5, 5.41) is 12.2. The van der Waals surface area contributed by atoms with Crippen molar-refractivity contribution in [1.29, 1.82) is 0 Å². The summed E-state index contributed by atoms with van der Waals surface area (Å²) >= 11 is 0. The molecule has 0 spiro atoms. The van der Waals surface area contributed by atoms with Crippen LogP contribution in [0.3, 0.4) is 0 Å². The van der Waals surface area contributed by atoms with Crippen LogP contribution in [-0.4, -0.2) is 26.5 Å². The van der Waals surface area contributed by atoms with Gasteiger partial charge in [0.25, 0.3) is 0 Å². The third-order valence-electron chi connectivity index (χ3n) is 1.33.